The monoisotopic (exact) mass is 301 g/mol. The van der Waals surface area contributed by atoms with Crippen molar-refractivity contribution < 1.29 is 14.6 Å². The van der Waals surface area contributed by atoms with Crippen LogP contribution in [-0.4, -0.2) is 15.6 Å². The van der Waals surface area contributed by atoms with E-state index in [0.717, 1.165) is 5.56 Å². The molecule has 0 aliphatic rings. The van der Waals surface area contributed by atoms with E-state index in [2.05, 4.69) is 0 Å². The second-order valence-electron chi connectivity index (χ2n) is 5.60. The maximum Gasteiger partial charge on any atom is 0.329 e. The minimum atomic E-state index is -1.16. The van der Waals surface area contributed by atoms with Crippen LogP contribution >= 0.6 is 0 Å². The molecule has 0 aliphatic heterocycles. The summed E-state index contributed by atoms with van der Waals surface area (Å²) in [5.41, 5.74) is 0.0127. The largest absolute Gasteiger partial charge is 0.483 e. The van der Waals surface area contributed by atoms with Crippen LogP contribution in [0.5, 0.6) is 5.75 Å². The van der Waals surface area contributed by atoms with Gasteiger partial charge in [-0.25, -0.2) is 4.79 Å². The van der Waals surface area contributed by atoms with Gasteiger partial charge in [0.15, 0.2) is 5.75 Å². The molecule has 2 rings (SSSR count). The van der Waals surface area contributed by atoms with Gasteiger partial charge in [-0.3, -0.25) is 4.79 Å². The standard InChI is InChI=1S/C17H19NO4/c1-12-15(22-11-13-7-5-4-6-8-13)14(19)9-10-18(12)17(2,3)16(20)21/h4-10H,11H2,1-3H3,(H,20,21). The van der Waals surface area contributed by atoms with Crippen LogP contribution in [0.15, 0.2) is 47.4 Å². The summed E-state index contributed by atoms with van der Waals surface area (Å²) in [6, 6.07) is 10.8. The number of aliphatic carboxylic acids is 1. The van der Waals surface area contributed by atoms with Crippen LogP contribution in [0.4, 0.5) is 0 Å². The highest BCUT2D eigenvalue weighted by Gasteiger charge is 2.30. The van der Waals surface area contributed by atoms with E-state index in [1.165, 1.54) is 16.8 Å². The fourth-order valence-electron chi connectivity index (χ4n) is 2.23. The normalized spacial score (nSPS) is 11.2. The van der Waals surface area contributed by atoms with Crippen molar-refractivity contribution in [1.29, 1.82) is 0 Å². The molecule has 116 valence electrons. The Kier molecular flexibility index (Phi) is 4.35. The van der Waals surface area contributed by atoms with Crippen molar-refractivity contribution in [3.63, 3.8) is 0 Å². The van der Waals surface area contributed by atoms with Crippen molar-refractivity contribution in [2.45, 2.75) is 32.9 Å². The van der Waals surface area contributed by atoms with Crippen LogP contribution < -0.4 is 10.2 Å². The molecule has 5 nitrogen and oxygen atoms in total. The van der Waals surface area contributed by atoms with Gasteiger partial charge in [0.2, 0.25) is 5.43 Å². The molecule has 1 aromatic carbocycles. The lowest BCUT2D eigenvalue weighted by Gasteiger charge is -2.26. The lowest BCUT2D eigenvalue weighted by atomic mass is 10.0. The fraction of sp³-hybridized carbons (Fsp3) is 0.294. The zero-order chi connectivity index (χ0) is 16.3. The number of hydrogen-bond donors (Lipinski definition) is 1. The van der Waals surface area contributed by atoms with E-state index in [1.807, 2.05) is 30.3 Å². The van der Waals surface area contributed by atoms with Crippen molar-refractivity contribution in [2.75, 3.05) is 0 Å². The molecule has 0 fully saturated rings. The number of benzene rings is 1. The molecule has 5 heteroatoms. The maximum atomic E-state index is 12.0. The van der Waals surface area contributed by atoms with Crippen LogP contribution in [-0.2, 0) is 16.9 Å². The zero-order valence-corrected chi connectivity index (χ0v) is 12.9. The summed E-state index contributed by atoms with van der Waals surface area (Å²) in [7, 11) is 0. The van der Waals surface area contributed by atoms with Gasteiger partial charge in [-0.1, -0.05) is 30.3 Å². The molecule has 1 aromatic heterocycles. The van der Waals surface area contributed by atoms with Gasteiger partial charge >= 0.3 is 5.97 Å². The van der Waals surface area contributed by atoms with Crippen LogP contribution in [0.2, 0.25) is 0 Å². The molecular formula is C17H19NO4. The molecule has 0 unspecified atom stereocenters. The number of carbonyl (C=O) groups is 1. The van der Waals surface area contributed by atoms with E-state index >= 15 is 0 Å². The smallest absolute Gasteiger partial charge is 0.329 e. The van der Waals surface area contributed by atoms with Gasteiger partial charge in [-0.15, -0.1) is 0 Å². The third-order valence-corrected chi connectivity index (χ3v) is 3.64. The summed E-state index contributed by atoms with van der Waals surface area (Å²) in [6.45, 7) is 5.10. The number of ether oxygens (including phenoxy) is 1. The molecule has 2 aromatic rings. The number of carboxylic acids is 1. The van der Waals surface area contributed by atoms with Crippen LogP contribution in [0, 0.1) is 6.92 Å². The molecule has 0 spiro atoms. The summed E-state index contributed by atoms with van der Waals surface area (Å²) in [6.07, 6.45) is 1.49. The minimum absolute atomic E-state index is 0.181. The third kappa shape index (κ3) is 3.03. The van der Waals surface area contributed by atoms with Gasteiger partial charge in [0.25, 0.3) is 0 Å². The number of aromatic nitrogens is 1. The molecule has 0 radical (unpaired) electrons. The summed E-state index contributed by atoms with van der Waals surface area (Å²) in [5.74, 6) is -0.797. The summed E-state index contributed by atoms with van der Waals surface area (Å²) in [4.78, 5) is 23.4. The Morgan fingerprint density at radius 2 is 1.86 bits per heavy atom. The molecule has 0 saturated carbocycles. The Bertz CT molecular complexity index is 732. The third-order valence-electron chi connectivity index (χ3n) is 3.64. The quantitative estimate of drug-likeness (QED) is 0.921. The Labute approximate surface area is 128 Å². The molecule has 22 heavy (non-hydrogen) atoms. The van der Waals surface area contributed by atoms with Crippen molar-refractivity contribution >= 4 is 5.97 Å². The van der Waals surface area contributed by atoms with Crippen LogP contribution in [0.25, 0.3) is 0 Å². The Hall–Kier alpha value is -2.56. The Morgan fingerprint density at radius 3 is 2.45 bits per heavy atom. The lowest BCUT2D eigenvalue weighted by molar-refractivity contribution is -0.145. The van der Waals surface area contributed by atoms with Crippen molar-refractivity contribution in [3.05, 3.63) is 64.1 Å². The second kappa shape index (κ2) is 6.05. The molecule has 1 N–H and O–H groups in total. The molecular weight excluding hydrogens is 282 g/mol. The van der Waals surface area contributed by atoms with Gasteiger partial charge in [0.05, 0.1) is 5.69 Å². The van der Waals surface area contributed by atoms with Crippen molar-refractivity contribution in [3.8, 4) is 5.75 Å². The number of pyridine rings is 1. The highest BCUT2D eigenvalue weighted by atomic mass is 16.5. The SMILES string of the molecule is Cc1c(OCc2ccccc2)c(=O)ccn1C(C)(C)C(=O)O. The van der Waals surface area contributed by atoms with E-state index in [0.29, 0.717) is 5.69 Å². The van der Waals surface area contributed by atoms with Crippen molar-refractivity contribution in [2.24, 2.45) is 0 Å². The molecule has 0 atom stereocenters. The van der Waals surface area contributed by atoms with Gasteiger partial charge in [-0.2, -0.15) is 0 Å². The highest BCUT2D eigenvalue weighted by Crippen LogP contribution is 2.22. The first kappa shape index (κ1) is 15.8. The predicted octanol–water partition coefficient (Wildman–Crippen LogP) is 2.56. The summed E-state index contributed by atoms with van der Waals surface area (Å²) < 4.78 is 7.18. The highest BCUT2D eigenvalue weighted by molar-refractivity contribution is 5.75. The number of rotatable bonds is 5. The summed E-state index contributed by atoms with van der Waals surface area (Å²) in [5, 5.41) is 9.35. The number of nitrogens with zero attached hydrogens (tertiary/aromatic N) is 1. The molecule has 0 saturated heterocycles. The van der Waals surface area contributed by atoms with E-state index in [-0.39, 0.29) is 17.8 Å². The van der Waals surface area contributed by atoms with E-state index in [4.69, 9.17) is 4.74 Å². The van der Waals surface area contributed by atoms with Crippen molar-refractivity contribution in [1.82, 2.24) is 4.57 Å². The first-order valence-corrected chi connectivity index (χ1v) is 6.97. The van der Waals surface area contributed by atoms with Gasteiger partial charge < -0.3 is 14.4 Å². The number of carboxylic acid groups (broad SMARTS) is 1. The first-order valence-electron chi connectivity index (χ1n) is 6.97. The summed E-state index contributed by atoms with van der Waals surface area (Å²) >= 11 is 0. The van der Waals surface area contributed by atoms with Gasteiger partial charge in [0.1, 0.15) is 12.1 Å². The fourth-order valence-corrected chi connectivity index (χ4v) is 2.23. The van der Waals surface area contributed by atoms with E-state index < -0.39 is 11.5 Å². The number of hydrogen-bond acceptors (Lipinski definition) is 3. The molecule has 0 aliphatic carbocycles. The topological polar surface area (TPSA) is 68.5 Å². The average Bonchev–Trinajstić information content (AvgIpc) is 2.47. The van der Waals surface area contributed by atoms with Crippen LogP contribution in [0.3, 0.4) is 0 Å². The van der Waals surface area contributed by atoms with Crippen LogP contribution in [0.1, 0.15) is 25.1 Å². The average molecular weight is 301 g/mol. The first-order chi connectivity index (χ1) is 10.3. The minimum Gasteiger partial charge on any atom is -0.483 e. The molecule has 0 amide bonds. The second-order valence-corrected chi connectivity index (χ2v) is 5.60. The lowest BCUT2D eigenvalue weighted by Crippen LogP contribution is -2.37. The predicted molar refractivity (Wildman–Crippen MR) is 83.2 cm³/mol. The van der Waals surface area contributed by atoms with Gasteiger partial charge in [-0.05, 0) is 26.3 Å². The molecule has 0 bridgehead atoms. The maximum absolute atomic E-state index is 12.0. The Morgan fingerprint density at radius 1 is 1.23 bits per heavy atom. The molecule has 1 heterocycles. The Balaban J connectivity index is 2.36. The van der Waals surface area contributed by atoms with E-state index in [9.17, 15) is 14.7 Å². The van der Waals surface area contributed by atoms with Gasteiger partial charge in [0, 0.05) is 12.3 Å². The van der Waals surface area contributed by atoms with E-state index in [1.54, 1.807) is 20.8 Å². The zero-order valence-electron chi connectivity index (χ0n) is 12.9.